The Balaban J connectivity index is 2.36. The Kier molecular flexibility index (Phi) is 3.93. The number of benzene rings is 1. The first-order valence-electron chi connectivity index (χ1n) is 5.72. The number of hydrogen-bond acceptors (Lipinski definition) is 6. The lowest BCUT2D eigenvalue weighted by Gasteiger charge is -1.98. The van der Waals surface area contributed by atoms with Crippen molar-refractivity contribution in [3.63, 3.8) is 0 Å². The fourth-order valence-electron chi connectivity index (χ4n) is 1.66. The van der Waals surface area contributed by atoms with Crippen LogP contribution in [0.5, 0.6) is 5.75 Å². The zero-order valence-corrected chi connectivity index (χ0v) is 10.8. The summed E-state index contributed by atoms with van der Waals surface area (Å²) in [6.45, 7) is 0. The molecule has 9 heteroatoms. The lowest BCUT2D eigenvalue weighted by atomic mass is 10.1. The molecule has 0 atom stereocenters. The summed E-state index contributed by atoms with van der Waals surface area (Å²) in [6.07, 6.45) is 2.80. The number of rotatable bonds is 5. The number of aromatic nitrogens is 2. The first-order valence-corrected chi connectivity index (χ1v) is 5.72. The molecule has 21 heavy (non-hydrogen) atoms. The Hall–Kier alpha value is -3.23. The largest absolute Gasteiger partial charge is 0.497 e. The average molecular weight is 290 g/mol. The van der Waals surface area contributed by atoms with Crippen LogP contribution in [0.15, 0.2) is 24.3 Å². The van der Waals surface area contributed by atoms with Crippen LogP contribution in [0.3, 0.4) is 0 Å². The Morgan fingerprint density at radius 1 is 1.14 bits per heavy atom. The van der Waals surface area contributed by atoms with Crippen molar-refractivity contribution in [3.8, 4) is 5.75 Å². The fraction of sp³-hybridized carbons (Fsp3) is 0.0833. The normalized spacial score (nSPS) is 10.7. The Labute approximate surface area is 118 Å². The lowest BCUT2D eigenvalue weighted by molar-refractivity contribution is -0.394. The Morgan fingerprint density at radius 2 is 1.81 bits per heavy atom. The molecule has 1 N–H and O–H groups in total. The van der Waals surface area contributed by atoms with Crippen LogP contribution >= 0.6 is 0 Å². The van der Waals surface area contributed by atoms with Crippen LogP contribution in [-0.2, 0) is 0 Å². The van der Waals surface area contributed by atoms with Gasteiger partial charge in [-0.25, -0.2) is 0 Å². The van der Waals surface area contributed by atoms with Gasteiger partial charge in [0.15, 0.2) is 5.56 Å². The zero-order valence-electron chi connectivity index (χ0n) is 10.8. The summed E-state index contributed by atoms with van der Waals surface area (Å²) in [5.41, 5.74) is 0.529. The van der Waals surface area contributed by atoms with Gasteiger partial charge in [-0.3, -0.25) is 0 Å². The van der Waals surface area contributed by atoms with Gasteiger partial charge in [0.2, 0.25) is 0 Å². The van der Waals surface area contributed by atoms with Gasteiger partial charge in [-0.2, -0.15) is 0 Å². The van der Waals surface area contributed by atoms with Crippen molar-refractivity contribution < 1.29 is 14.6 Å². The quantitative estimate of drug-likeness (QED) is 0.665. The molecule has 0 radical (unpaired) electrons. The van der Waals surface area contributed by atoms with E-state index in [1.807, 2.05) is 5.10 Å². The van der Waals surface area contributed by atoms with Gasteiger partial charge in [-0.15, -0.1) is 0 Å². The summed E-state index contributed by atoms with van der Waals surface area (Å²) in [4.78, 5) is 20.1. The van der Waals surface area contributed by atoms with Crippen molar-refractivity contribution in [1.29, 1.82) is 0 Å². The number of nitrogens with zero attached hydrogens (tertiary/aromatic N) is 3. The van der Waals surface area contributed by atoms with E-state index in [0.717, 1.165) is 0 Å². The van der Waals surface area contributed by atoms with E-state index in [1.165, 1.54) is 19.3 Å². The fourth-order valence-corrected chi connectivity index (χ4v) is 1.66. The SMILES string of the molecule is COc1ccc(/C=C/c2c([N+](=O)[O-])n[nH]c2[N+](=O)[O-])cc1. The molecule has 0 unspecified atom stereocenters. The van der Waals surface area contributed by atoms with Gasteiger partial charge in [0.05, 0.1) is 7.11 Å². The number of ether oxygens (including phenoxy) is 1. The highest BCUT2D eigenvalue weighted by atomic mass is 16.6. The van der Waals surface area contributed by atoms with Crippen LogP contribution in [0.1, 0.15) is 11.1 Å². The lowest BCUT2D eigenvalue weighted by Crippen LogP contribution is -1.92. The number of nitrogens with one attached hydrogen (secondary N) is 1. The maximum absolute atomic E-state index is 10.8. The van der Waals surface area contributed by atoms with Gasteiger partial charge in [0.25, 0.3) is 0 Å². The molecule has 0 aliphatic heterocycles. The van der Waals surface area contributed by atoms with Gasteiger partial charge in [0, 0.05) is 0 Å². The van der Waals surface area contributed by atoms with Gasteiger partial charge >= 0.3 is 11.6 Å². The zero-order chi connectivity index (χ0) is 15.4. The second kappa shape index (κ2) is 5.82. The highest BCUT2D eigenvalue weighted by Gasteiger charge is 2.29. The molecule has 0 bridgehead atoms. The summed E-state index contributed by atoms with van der Waals surface area (Å²) in [6, 6.07) is 6.84. The molecule has 0 aliphatic rings. The van der Waals surface area contributed by atoms with E-state index in [9.17, 15) is 20.2 Å². The molecule has 1 aromatic carbocycles. The van der Waals surface area contributed by atoms with E-state index in [0.29, 0.717) is 11.3 Å². The monoisotopic (exact) mass is 290 g/mol. The van der Waals surface area contributed by atoms with E-state index >= 15 is 0 Å². The predicted octanol–water partition coefficient (Wildman–Crippen LogP) is 2.41. The molecule has 0 saturated heterocycles. The Bertz CT molecular complexity index is 673. The second-order valence-corrected chi connectivity index (χ2v) is 3.93. The second-order valence-electron chi connectivity index (χ2n) is 3.93. The minimum atomic E-state index is -0.781. The van der Waals surface area contributed by atoms with Gasteiger partial charge in [-0.05, 0) is 38.7 Å². The third-order valence-corrected chi connectivity index (χ3v) is 2.68. The summed E-state index contributed by atoms with van der Waals surface area (Å²) in [7, 11) is 1.53. The van der Waals surface area contributed by atoms with Crippen molar-refractivity contribution >= 4 is 23.8 Å². The molecule has 0 fully saturated rings. The molecule has 0 amide bonds. The van der Waals surface area contributed by atoms with Crippen molar-refractivity contribution in [2.45, 2.75) is 0 Å². The minimum Gasteiger partial charge on any atom is -0.497 e. The smallest absolute Gasteiger partial charge is 0.427 e. The minimum absolute atomic E-state index is 0.180. The molecule has 1 aromatic heterocycles. The van der Waals surface area contributed by atoms with Crippen LogP contribution in [0.4, 0.5) is 11.6 Å². The first-order chi connectivity index (χ1) is 10.0. The topological polar surface area (TPSA) is 124 Å². The van der Waals surface area contributed by atoms with Gasteiger partial charge in [-0.1, -0.05) is 18.2 Å². The van der Waals surface area contributed by atoms with Crippen molar-refractivity contribution in [3.05, 3.63) is 55.6 Å². The summed E-state index contributed by atoms with van der Waals surface area (Å²) in [5.74, 6) is -0.453. The molecule has 0 spiro atoms. The van der Waals surface area contributed by atoms with Crippen LogP contribution in [0, 0.1) is 20.2 Å². The third-order valence-electron chi connectivity index (χ3n) is 2.68. The van der Waals surface area contributed by atoms with Crippen molar-refractivity contribution in [2.75, 3.05) is 7.11 Å². The Morgan fingerprint density at radius 3 is 2.33 bits per heavy atom. The summed E-state index contributed by atoms with van der Waals surface area (Å²) in [5, 5.41) is 27.0. The van der Waals surface area contributed by atoms with Gasteiger partial charge < -0.3 is 25.0 Å². The molecule has 0 saturated carbocycles. The van der Waals surface area contributed by atoms with Crippen molar-refractivity contribution in [2.24, 2.45) is 0 Å². The van der Waals surface area contributed by atoms with E-state index in [2.05, 4.69) is 5.10 Å². The summed E-state index contributed by atoms with van der Waals surface area (Å²) < 4.78 is 5.00. The van der Waals surface area contributed by atoms with E-state index < -0.39 is 21.5 Å². The van der Waals surface area contributed by atoms with Crippen LogP contribution in [-0.4, -0.2) is 27.2 Å². The van der Waals surface area contributed by atoms with Crippen LogP contribution < -0.4 is 4.74 Å². The highest BCUT2D eigenvalue weighted by Crippen LogP contribution is 2.27. The molecule has 2 aromatic rings. The maximum Gasteiger partial charge on any atom is 0.427 e. The number of methoxy groups -OCH3 is 1. The molecule has 108 valence electrons. The molecular weight excluding hydrogens is 280 g/mol. The number of nitro groups is 2. The average Bonchev–Trinajstić information content (AvgIpc) is 2.90. The first kappa shape index (κ1) is 14.2. The summed E-state index contributed by atoms with van der Waals surface area (Å²) >= 11 is 0. The molecule has 9 nitrogen and oxygen atoms in total. The highest BCUT2D eigenvalue weighted by molar-refractivity contribution is 5.77. The number of hydrogen-bond donors (Lipinski definition) is 1. The number of H-pyrrole nitrogens is 1. The predicted molar refractivity (Wildman–Crippen MR) is 73.8 cm³/mol. The van der Waals surface area contributed by atoms with E-state index in [-0.39, 0.29) is 5.56 Å². The van der Waals surface area contributed by atoms with E-state index in [1.54, 1.807) is 24.3 Å². The standard InChI is InChI=1S/C12H10N4O5/c1-21-9-5-2-8(3-6-9)4-7-10-11(15(17)18)13-14-12(10)16(19)20/h2-7H,1H3,(H,13,14)/b7-4+. The molecule has 1 heterocycles. The van der Waals surface area contributed by atoms with Gasteiger partial charge in [0.1, 0.15) is 10.8 Å². The molecular formula is C12H10N4O5. The molecule has 0 aliphatic carbocycles. The maximum atomic E-state index is 10.8. The van der Waals surface area contributed by atoms with Crippen molar-refractivity contribution in [1.82, 2.24) is 10.2 Å². The molecule has 2 rings (SSSR count). The number of aromatic amines is 1. The van der Waals surface area contributed by atoms with Crippen LogP contribution in [0.25, 0.3) is 12.2 Å². The third kappa shape index (κ3) is 3.03. The van der Waals surface area contributed by atoms with E-state index in [4.69, 9.17) is 4.74 Å². The van der Waals surface area contributed by atoms with Crippen LogP contribution in [0.2, 0.25) is 0 Å².